The Bertz CT molecular complexity index is 1220. The van der Waals surface area contributed by atoms with Crippen LogP contribution < -0.4 is 0 Å². The van der Waals surface area contributed by atoms with Gasteiger partial charge in [0.25, 0.3) is 0 Å². The second-order valence-corrected chi connectivity index (χ2v) is 8.83. The van der Waals surface area contributed by atoms with Crippen LogP contribution in [0.2, 0.25) is 0 Å². The molecule has 4 aromatic carbocycles. The van der Waals surface area contributed by atoms with E-state index >= 15 is 0 Å². The number of benzene rings is 4. The summed E-state index contributed by atoms with van der Waals surface area (Å²) in [6.45, 7) is 0. The maximum absolute atomic E-state index is 6.45. The van der Waals surface area contributed by atoms with E-state index in [-0.39, 0.29) is 24.3 Å². The van der Waals surface area contributed by atoms with Crippen LogP contribution in [0.1, 0.15) is 53.0 Å². The summed E-state index contributed by atoms with van der Waals surface area (Å²) in [6, 6.07) is 41.0. The van der Waals surface area contributed by atoms with Gasteiger partial charge in [0.15, 0.2) is 24.0 Å². The Morgan fingerprint density at radius 3 is 1.09 bits per heavy atom. The van der Waals surface area contributed by atoms with Crippen molar-refractivity contribution >= 4 is 11.8 Å². The number of hydrogen-bond acceptors (Lipinski definition) is 4. The zero-order valence-electron chi connectivity index (χ0n) is 19.3. The Labute approximate surface area is 205 Å². The summed E-state index contributed by atoms with van der Waals surface area (Å²) in [5.74, 6) is 1.32. The highest BCUT2D eigenvalue weighted by molar-refractivity contribution is 5.98. The summed E-state index contributed by atoms with van der Waals surface area (Å²) in [5.41, 5.74) is 4.49. The summed E-state index contributed by atoms with van der Waals surface area (Å²) in [6.07, 6.45) is 0.0789. The molecule has 1 unspecified atom stereocenters. The molecule has 0 saturated carbocycles. The Hall–Kier alpha value is -4.18. The molecule has 6 rings (SSSR count). The lowest BCUT2D eigenvalue weighted by atomic mass is 9.97. The first-order valence-electron chi connectivity index (χ1n) is 12.0. The predicted molar refractivity (Wildman–Crippen MR) is 138 cm³/mol. The van der Waals surface area contributed by atoms with E-state index in [1.165, 1.54) is 0 Å². The average Bonchev–Trinajstić information content (AvgIpc) is 3.56. The van der Waals surface area contributed by atoms with Crippen LogP contribution >= 0.6 is 0 Å². The van der Waals surface area contributed by atoms with Crippen LogP contribution in [0.25, 0.3) is 0 Å². The van der Waals surface area contributed by atoms with Crippen molar-refractivity contribution in [1.29, 1.82) is 0 Å². The molecule has 35 heavy (non-hydrogen) atoms. The summed E-state index contributed by atoms with van der Waals surface area (Å²) in [4.78, 5) is 10.0. The molecule has 2 heterocycles. The summed E-state index contributed by atoms with van der Waals surface area (Å²) in [5, 5.41) is 0. The highest BCUT2D eigenvalue weighted by Gasteiger charge is 2.37. The largest absolute Gasteiger partial charge is 0.470 e. The van der Waals surface area contributed by atoms with Crippen LogP contribution in [0.4, 0.5) is 0 Å². The minimum Gasteiger partial charge on any atom is -0.470 e. The number of nitrogens with zero attached hydrogens (tertiary/aromatic N) is 2. The third kappa shape index (κ3) is 4.47. The lowest BCUT2D eigenvalue weighted by Crippen LogP contribution is -2.13. The monoisotopic (exact) mass is 458 g/mol. The number of aliphatic imine (C=N–C) groups is 2. The van der Waals surface area contributed by atoms with Crippen LogP contribution in [0.5, 0.6) is 0 Å². The molecule has 0 aromatic heterocycles. The molecule has 2 aliphatic heterocycles. The van der Waals surface area contributed by atoms with Crippen molar-refractivity contribution in [2.75, 3.05) is 0 Å². The highest BCUT2D eigenvalue weighted by Crippen LogP contribution is 2.43. The summed E-state index contributed by atoms with van der Waals surface area (Å²) < 4.78 is 12.9. The van der Waals surface area contributed by atoms with E-state index in [4.69, 9.17) is 19.5 Å². The van der Waals surface area contributed by atoms with E-state index < -0.39 is 0 Å². The van der Waals surface area contributed by atoms with Crippen molar-refractivity contribution in [2.45, 2.75) is 30.7 Å². The predicted octanol–water partition coefficient (Wildman–Crippen LogP) is 7.20. The maximum Gasteiger partial charge on any atom is 0.194 e. The van der Waals surface area contributed by atoms with E-state index in [1.54, 1.807) is 0 Å². The zero-order chi connectivity index (χ0) is 23.5. The fourth-order valence-electron chi connectivity index (χ4n) is 4.82. The molecule has 0 bridgehead atoms. The first-order chi connectivity index (χ1) is 17.3. The van der Waals surface area contributed by atoms with Crippen LogP contribution in [-0.2, 0) is 9.47 Å². The quantitative estimate of drug-likeness (QED) is 0.307. The van der Waals surface area contributed by atoms with Crippen LogP contribution in [0.15, 0.2) is 131 Å². The van der Waals surface area contributed by atoms with Gasteiger partial charge in [-0.2, -0.15) is 0 Å². The van der Waals surface area contributed by atoms with E-state index in [0.717, 1.165) is 22.3 Å². The highest BCUT2D eigenvalue weighted by atomic mass is 16.5. The van der Waals surface area contributed by atoms with Gasteiger partial charge in [-0.3, -0.25) is 0 Å². The molecule has 172 valence electrons. The molecule has 0 N–H and O–H groups in total. The topological polar surface area (TPSA) is 43.2 Å². The minimum absolute atomic E-state index is 0.106. The van der Waals surface area contributed by atoms with E-state index in [2.05, 4.69) is 48.5 Å². The molecule has 0 saturated heterocycles. The van der Waals surface area contributed by atoms with Gasteiger partial charge >= 0.3 is 0 Å². The number of hydrogen-bond donors (Lipinski definition) is 0. The molecule has 4 aromatic rings. The van der Waals surface area contributed by atoms with E-state index in [1.807, 2.05) is 72.8 Å². The average molecular weight is 459 g/mol. The SMILES string of the molecule is c1ccc(C2OC(CC3=N[C@H](c4ccccc4)[C@H](c4ccccc4)O3)=N[C@@H]2c2ccccc2)cc1. The number of rotatable bonds is 6. The van der Waals surface area contributed by atoms with Crippen LogP contribution in [0.3, 0.4) is 0 Å². The second-order valence-electron chi connectivity index (χ2n) is 8.83. The summed E-state index contributed by atoms with van der Waals surface area (Å²) in [7, 11) is 0. The smallest absolute Gasteiger partial charge is 0.194 e. The molecule has 4 atom stereocenters. The lowest BCUT2D eigenvalue weighted by Gasteiger charge is -2.19. The van der Waals surface area contributed by atoms with Gasteiger partial charge in [-0.05, 0) is 22.3 Å². The van der Waals surface area contributed by atoms with Crippen molar-refractivity contribution in [1.82, 2.24) is 0 Å². The molecular weight excluding hydrogens is 432 g/mol. The first-order valence-corrected chi connectivity index (χ1v) is 12.0. The summed E-state index contributed by atoms with van der Waals surface area (Å²) >= 11 is 0. The zero-order valence-corrected chi connectivity index (χ0v) is 19.3. The lowest BCUT2D eigenvalue weighted by molar-refractivity contribution is 0.183. The Balaban J connectivity index is 1.29. The maximum atomic E-state index is 6.45. The van der Waals surface area contributed by atoms with Crippen molar-refractivity contribution in [3.05, 3.63) is 144 Å². The van der Waals surface area contributed by atoms with Gasteiger partial charge in [-0.25, -0.2) is 9.98 Å². The molecule has 0 fully saturated rings. The van der Waals surface area contributed by atoms with Crippen molar-refractivity contribution in [2.24, 2.45) is 9.98 Å². The normalized spacial score (nSPS) is 23.2. The fraction of sp³-hybridized carbons (Fsp3) is 0.161. The molecule has 0 amide bonds. The molecule has 4 nitrogen and oxygen atoms in total. The van der Waals surface area contributed by atoms with Crippen molar-refractivity contribution < 1.29 is 9.47 Å². The standard InChI is InChI=1S/C31H26N2O2/c1-5-13-22(14-6-1)28-30(24-17-9-3-10-18-24)34-26(32-28)21-27-33-29(23-15-7-2-8-16-23)31(35-27)25-19-11-4-12-20-25/h1-20,28-31H,21H2/t28-,29-,30+,31?/m1/s1. The van der Waals surface area contributed by atoms with Gasteiger partial charge in [0.1, 0.15) is 12.1 Å². The Kier molecular flexibility index (Phi) is 5.85. The van der Waals surface area contributed by atoms with Gasteiger partial charge in [0.2, 0.25) is 0 Å². The fourth-order valence-corrected chi connectivity index (χ4v) is 4.82. The number of ether oxygens (including phenoxy) is 2. The Morgan fingerprint density at radius 2 is 0.743 bits per heavy atom. The van der Waals surface area contributed by atoms with Crippen molar-refractivity contribution in [3.8, 4) is 0 Å². The van der Waals surface area contributed by atoms with Crippen molar-refractivity contribution in [3.63, 3.8) is 0 Å². The molecule has 0 aliphatic carbocycles. The first kappa shape index (κ1) is 21.4. The molecule has 0 radical (unpaired) electrons. The minimum atomic E-state index is -0.176. The third-order valence-electron chi connectivity index (χ3n) is 6.51. The van der Waals surface area contributed by atoms with Gasteiger partial charge in [0.05, 0.1) is 6.42 Å². The molecule has 4 heteroatoms. The van der Waals surface area contributed by atoms with E-state index in [0.29, 0.717) is 18.2 Å². The second kappa shape index (κ2) is 9.59. The molecule has 0 spiro atoms. The molecule has 2 aliphatic rings. The van der Waals surface area contributed by atoms with E-state index in [9.17, 15) is 0 Å². The van der Waals surface area contributed by atoms with Gasteiger partial charge in [-0.1, -0.05) is 121 Å². The van der Waals surface area contributed by atoms with Gasteiger partial charge in [0, 0.05) is 0 Å². The van der Waals surface area contributed by atoms with Gasteiger partial charge < -0.3 is 9.47 Å². The molecular formula is C31H26N2O2. The third-order valence-corrected chi connectivity index (χ3v) is 6.51. The van der Waals surface area contributed by atoms with Crippen LogP contribution in [0, 0.1) is 0 Å². The van der Waals surface area contributed by atoms with Gasteiger partial charge in [-0.15, -0.1) is 0 Å². The Morgan fingerprint density at radius 1 is 0.429 bits per heavy atom. The van der Waals surface area contributed by atoms with Crippen LogP contribution in [-0.4, -0.2) is 11.8 Å².